The minimum Gasteiger partial charge on any atom is -0.309 e. The van der Waals surface area contributed by atoms with Crippen LogP contribution in [0.2, 0.25) is 0 Å². The molecule has 84 valence electrons. The molecule has 1 aromatic rings. The molecule has 0 spiro atoms. The summed E-state index contributed by atoms with van der Waals surface area (Å²) in [4.78, 5) is 2.25. The number of hydrogen-bond donors (Lipinski definition) is 0. The molecular weight excluding hydrogens is 194 g/mol. The molecule has 1 heteroatoms. The van der Waals surface area contributed by atoms with Gasteiger partial charge in [-0.1, -0.05) is 48.6 Å². The normalized spacial score (nSPS) is 19.9. The highest BCUT2D eigenvalue weighted by Gasteiger charge is 2.13. The van der Waals surface area contributed by atoms with Gasteiger partial charge in [-0.25, -0.2) is 0 Å². The van der Waals surface area contributed by atoms with Crippen molar-refractivity contribution in [2.75, 3.05) is 20.6 Å². The summed E-state index contributed by atoms with van der Waals surface area (Å²) in [5, 5.41) is 0. The van der Waals surface area contributed by atoms with Gasteiger partial charge in [-0.05, 0) is 37.6 Å². The minimum atomic E-state index is 0.648. The number of rotatable bonds is 3. The molecule has 0 aliphatic heterocycles. The van der Waals surface area contributed by atoms with Crippen LogP contribution in [0, 0.1) is 5.92 Å². The molecule has 0 bridgehead atoms. The van der Waals surface area contributed by atoms with Gasteiger partial charge in [-0.2, -0.15) is 0 Å². The molecule has 0 saturated carbocycles. The lowest BCUT2D eigenvalue weighted by atomic mass is 9.90. The van der Waals surface area contributed by atoms with Gasteiger partial charge in [-0.3, -0.25) is 0 Å². The molecule has 0 saturated heterocycles. The monoisotopic (exact) mass is 213 g/mol. The highest BCUT2D eigenvalue weighted by Crippen LogP contribution is 2.27. The van der Waals surface area contributed by atoms with E-state index in [1.165, 1.54) is 11.1 Å². The molecule has 1 aromatic carbocycles. The van der Waals surface area contributed by atoms with Crippen LogP contribution in [0.25, 0.3) is 5.57 Å². The molecule has 0 radical (unpaired) electrons. The van der Waals surface area contributed by atoms with E-state index >= 15 is 0 Å². The minimum absolute atomic E-state index is 0.648. The molecule has 0 heterocycles. The van der Waals surface area contributed by atoms with Gasteiger partial charge < -0.3 is 4.90 Å². The van der Waals surface area contributed by atoms with Crippen LogP contribution in [0.15, 0.2) is 48.6 Å². The molecule has 16 heavy (non-hydrogen) atoms. The summed E-state index contributed by atoms with van der Waals surface area (Å²) in [6, 6.07) is 10.7. The second kappa shape index (κ2) is 5.13. The van der Waals surface area contributed by atoms with Crippen molar-refractivity contribution >= 4 is 5.57 Å². The van der Waals surface area contributed by atoms with E-state index < -0.39 is 0 Å². The highest BCUT2D eigenvalue weighted by atomic mass is 15.1. The SMILES string of the molecule is CN(C)CC1C=CC=C(c2ccccc2)C1. The second-order valence-corrected chi connectivity index (χ2v) is 4.67. The topological polar surface area (TPSA) is 3.24 Å². The zero-order valence-electron chi connectivity index (χ0n) is 10.1. The van der Waals surface area contributed by atoms with E-state index in [0.717, 1.165) is 13.0 Å². The fourth-order valence-corrected chi connectivity index (χ4v) is 2.21. The Morgan fingerprint density at radius 1 is 1.19 bits per heavy atom. The molecule has 1 nitrogen and oxygen atoms in total. The third-order valence-electron chi connectivity index (χ3n) is 2.91. The first-order chi connectivity index (χ1) is 7.75. The fraction of sp³-hybridized carbons (Fsp3) is 0.333. The van der Waals surface area contributed by atoms with Crippen molar-refractivity contribution < 1.29 is 0 Å². The number of allylic oxidation sites excluding steroid dienone is 3. The Morgan fingerprint density at radius 2 is 1.94 bits per heavy atom. The number of benzene rings is 1. The third-order valence-corrected chi connectivity index (χ3v) is 2.91. The van der Waals surface area contributed by atoms with Gasteiger partial charge >= 0.3 is 0 Å². The standard InChI is InChI=1S/C15H19N/c1-16(2)12-13-7-6-10-15(11-13)14-8-4-3-5-9-14/h3-10,13H,11-12H2,1-2H3. The van der Waals surface area contributed by atoms with Crippen LogP contribution in [-0.4, -0.2) is 25.5 Å². The molecular formula is C15H19N. The Labute approximate surface area is 98.1 Å². The molecule has 1 aliphatic carbocycles. The lowest BCUT2D eigenvalue weighted by molar-refractivity contribution is 0.361. The zero-order chi connectivity index (χ0) is 11.4. The van der Waals surface area contributed by atoms with E-state index in [2.05, 4.69) is 67.6 Å². The molecule has 0 amide bonds. The molecule has 1 aliphatic rings. The third kappa shape index (κ3) is 2.83. The van der Waals surface area contributed by atoms with Crippen molar-refractivity contribution in [3.63, 3.8) is 0 Å². The second-order valence-electron chi connectivity index (χ2n) is 4.67. The van der Waals surface area contributed by atoms with Gasteiger partial charge in [0.1, 0.15) is 0 Å². The van der Waals surface area contributed by atoms with E-state index in [9.17, 15) is 0 Å². The van der Waals surface area contributed by atoms with Crippen LogP contribution in [0.1, 0.15) is 12.0 Å². The largest absolute Gasteiger partial charge is 0.309 e. The molecule has 0 fully saturated rings. The number of nitrogens with zero attached hydrogens (tertiary/aromatic N) is 1. The average Bonchev–Trinajstić information content (AvgIpc) is 2.30. The van der Waals surface area contributed by atoms with Crippen molar-refractivity contribution in [3.8, 4) is 0 Å². The van der Waals surface area contributed by atoms with Crippen LogP contribution in [-0.2, 0) is 0 Å². The molecule has 1 unspecified atom stereocenters. The van der Waals surface area contributed by atoms with Crippen LogP contribution in [0.5, 0.6) is 0 Å². The predicted octanol–water partition coefficient (Wildman–Crippen LogP) is 3.21. The van der Waals surface area contributed by atoms with Crippen molar-refractivity contribution in [3.05, 3.63) is 54.1 Å². The molecule has 0 aromatic heterocycles. The Morgan fingerprint density at radius 3 is 2.62 bits per heavy atom. The smallest absolute Gasteiger partial charge is 0.00415 e. The van der Waals surface area contributed by atoms with E-state index in [1.54, 1.807) is 0 Å². The lowest BCUT2D eigenvalue weighted by Crippen LogP contribution is -2.21. The van der Waals surface area contributed by atoms with Gasteiger partial charge in [0.05, 0.1) is 0 Å². The maximum absolute atomic E-state index is 2.31. The van der Waals surface area contributed by atoms with Crippen molar-refractivity contribution in [2.24, 2.45) is 5.92 Å². The van der Waals surface area contributed by atoms with Gasteiger partial charge in [0.25, 0.3) is 0 Å². The van der Waals surface area contributed by atoms with Crippen molar-refractivity contribution in [2.45, 2.75) is 6.42 Å². The Hall–Kier alpha value is -1.34. The van der Waals surface area contributed by atoms with E-state index in [0.29, 0.717) is 5.92 Å². The highest BCUT2D eigenvalue weighted by molar-refractivity contribution is 5.68. The van der Waals surface area contributed by atoms with Crippen LogP contribution >= 0.6 is 0 Å². The molecule has 2 rings (SSSR count). The lowest BCUT2D eigenvalue weighted by Gasteiger charge is -2.22. The summed E-state index contributed by atoms with van der Waals surface area (Å²) in [5.41, 5.74) is 2.81. The Balaban J connectivity index is 2.08. The van der Waals surface area contributed by atoms with Crippen LogP contribution < -0.4 is 0 Å². The van der Waals surface area contributed by atoms with Crippen LogP contribution in [0.3, 0.4) is 0 Å². The van der Waals surface area contributed by atoms with Crippen molar-refractivity contribution in [1.29, 1.82) is 0 Å². The summed E-state index contributed by atoms with van der Waals surface area (Å²) in [5.74, 6) is 0.648. The zero-order valence-corrected chi connectivity index (χ0v) is 10.1. The molecule has 0 N–H and O–H groups in total. The van der Waals surface area contributed by atoms with Crippen molar-refractivity contribution in [1.82, 2.24) is 4.90 Å². The quantitative estimate of drug-likeness (QED) is 0.745. The maximum atomic E-state index is 2.31. The summed E-state index contributed by atoms with van der Waals surface area (Å²) in [6.45, 7) is 1.13. The van der Waals surface area contributed by atoms with Crippen LogP contribution in [0.4, 0.5) is 0 Å². The fourth-order valence-electron chi connectivity index (χ4n) is 2.21. The predicted molar refractivity (Wildman–Crippen MR) is 70.2 cm³/mol. The molecule has 1 atom stereocenters. The average molecular weight is 213 g/mol. The number of hydrogen-bond acceptors (Lipinski definition) is 1. The Kier molecular flexibility index (Phi) is 3.58. The maximum Gasteiger partial charge on any atom is 0.00415 e. The summed E-state index contributed by atoms with van der Waals surface area (Å²) in [7, 11) is 4.27. The first-order valence-corrected chi connectivity index (χ1v) is 5.83. The first kappa shape index (κ1) is 11.2. The summed E-state index contributed by atoms with van der Waals surface area (Å²) in [6.07, 6.45) is 7.90. The first-order valence-electron chi connectivity index (χ1n) is 5.83. The summed E-state index contributed by atoms with van der Waals surface area (Å²) >= 11 is 0. The Bertz CT molecular complexity index is 387. The van der Waals surface area contributed by atoms with E-state index in [-0.39, 0.29) is 0 Å². The van der Waals surface area contributed by atoms with E-state index in [1.807, 2.05) is 0 Å². The van der Waals surface area contributed by atoms with E-state index in [4.69, 9.17) is 0 Å². The van der Waals surface area contributed by atoms with Gasteiger partial charge in [0.2, 0.25) is 0 Å². The van der Waals surface area contributed by atoms with Gasteiger partial charge in [0, 0.05) is 6.54 Å². The summed E-state index contributed by atoms with van der Waals surface area (Å²) < 4.78 is 0. The van der Waals surface area contributed by atoms with Gasteiger partial charge in [-0.15, -0.1) is 0 Å². The van der Waals surface area contributed by atoms with Gasteiger partial charge in [0.15, 0.2) is 0 Å².